The molecule has 0 radical (unpaired) electrons. The lowest BCUT2D eigenvalue weighted by molar-refractivity contribution is 0.203. The Kier molecular flexibility index (Phi) is 5.20. The molecule has 3 atom stereocenters. The molecule has 1 heterocycles. The van der Waals surface area contributed by atoms with E-state index in [2.05, 4.69) is 44.2 Å². The van der Waals surface area contributed by atoms with Crippen molar-refractivity contribution in [3.63, 3.8) is 0 Å². The summed E-state index contributed by atoms with van der Waals surface area (Å²) < 4.78 is 29.5. The standard InChI is InChI=1S/C25H31NO2S/c1-16(2)24-14-21-13-22(20-9-7-6-8-10-20)23(21)15-26(24)29(27,28)25-18(4)11-17(3)12-19(25)5/h6-12,14,16,22-24H,13,15H2,1-5H3/t22-,23+,24-/m1/s1. The first-order valence-electron chi connectivity index (χ1n) is 10.6. The summed E-state index contributed by atoms with van der Waals surface area (Å²) >= 11 is 0. The quantitative estimate of drug-likeness (QED) is 0.637. The van der Waals surface area contributed by atoms with Crippen molar-refractivity contribution in [3.8, 4) is 0 Å². The molecule has 2 aromatic carbocycles. The summed E-state index contributed by atoms with van der Waals surface area (Å²) in [5.74, 6) is 0.932. The molecule has 4 heteroatoms. The Morgan fingerprint density at radius 1 is 0.966 bits per heavy atom. The number of fused-ring (bicyclic) bond motifs is 1. The van der Waals surface area contributed by atoms with Gasteiger partial charge >= 0.3 is 0 Å². The lowest BCUT2D eigenvalue weighted by Gasteiger charge is -2.49. The maximum Gasteiger partial charge on any atom is 0.244 e. The fourth-order valence-electron chi connectivity index (χ4n) is 5.22. The average Bonchev–Trinajstić information content (AvgIpc) is 2.61. The third kappa shape index (κ3) is 3.47. The van der Waals surface area contributed by atoms with E-state index in [0.717, 1.165) is 23.1 Å². The summed E-state index contributed by atoms with van der Waals surface area (Å²) in [6.45, 7) is 10.7. The van der Waals surface area contributed by atoms with Gasteiger partial charge in [0.25, 0.3) is 0 Å². The lowest BCUT2D eigenvalue weighted by atomic mass is 9.64. The Morgan fingerprint density at radius 2 is 1.59 bits per heavy atom. The van der Waals surface area contributed by atoms with Gasteiger partial charge in [0.05, 0.1) is 4.90 Å². The van der Waals surface area contributed by atoms with Gasteiger partial charge in [-0.1, -0.05) is 73.5 Å². The summed E-state index contributed by atoms with van der Waals surface area (Å²) in [5.41, 5.74) is 5.53. The first kappa shape index (κ1) is 20.4. The molecule has 0 unspecified atom stereocenters. The minimum Gasteiger partial charge on any atom is -0.207 e. The first-order chi connectivity index (χ1) is 13.7. The molecule has 0 saturated heterocycles. The van der Waals surface area contributed by atoms with E-state index >= 15 is 0 Å². The van der Waals surface area contributed by atoms with E-state index in [4.69, 9.17) is 0 Å². The first-order valence-corrected chi connectivity index (χ1v) is 12.0. The van der Waals surface area contributed by atoms with Gasteiger partial charge in [-0.2, -0.15) is 4.31 Å². The van der Waals surface area contributed by atoms with Gasteiger partial charge in [-0.25, -0.2) is 8.42 Å². The van der Waals surface area contributed by atoms with Crippen LogP contribution in [0.2, 0.25) is 0 Å². The minimum atomic E-state index is -3.57. The smallest absolute Gasteiger partial charge is 0.207 e. The van der Waals surface area contributed by atoms with Crippen LogP contribution in [0.3, 0.4) is 0 Å². The zero-order valence-electron chi connectivity index (χ0n) is 18.0. The van der Waals surface area contributed by atoms with E-state index in [1.807, 2.05) is 39.0 Å². The summed E-state index contributed by atoms with van der Waals surface area (Å²) in [6, 6.07) is 14.4. The number of aryl methyl sites for hydroxylation is 3. The molecule has 1 fully saturated rings. The van der Waals surface area contributed by atoms with Crippen molar-refractivity contribution in [2.75, 3.05) is 6.54 Å². The molecular formula is C25H31NO2S. The number of benzene rings is 2. The topological polar surface area (TPSA) is 37.4 Å². The molecule has 1 aliphatic heterocycles. The van der Waals surface area contributed by atoms with Crippen molar-refractivity contribution >= 4 is 10.0 Å². The molecule has 1 saturated carbocycles. The average molecular weight is 410 g/mol. The number of rotatable bonds is 4. The van der Waals surface area contributed by atoms with Gasteiger partial charge in [0.1, 0.15) is 0 Å². The van der Waals surface area contributed by atoms with Gasteiger partial charge in [-0.05, 0) is 55.7 Å². The summed E-state index contributed by atoms with van der Waals surface area (Å²) in [5, 5.41) is 0. The van der Waals surface area contributed by atoms with Crippen LogP contribution in [-0.2, 0) is 10.0 Å². The Morgan fingerprint density at radius 3 is 2.17 bits per heavy atom. The van der Waals surface area contributed by atoms with Gasteiger partial charge in [-0.15, -0.1) is 0 Å². The molecule has 3 nitrogen and oxygen atoms in total. The van der Waals surface area contributed by atoms with Gasteiger partial charge < -0.3 is 0 Å². The second-order valence-electron chi connectivity index (χ2n) is 9.11. The van der Waals surface area contributed by atoms with E-state index in [1.165, 1.54) is 11.1 Å². The van der Waals surface area contributed by atoms with Gasteiger partial charge in [0.15, 0.2) is 0 Å². The van der Waals surface area contributed by atoms with Crippen molar-refractivity contribution in [1.29, 1.82) is 0 Å². The largest absolute Gasteiger partial charge is 0.244 e. The molecule has 0 amide bonds. The Labute approximate surface area is 175 Å². The molecule has 0 aromatic heterocycles. The van der Waals surface area contributed by atoms with Crippen LogP contribution in [-0.4, -0.2) is 25.3 Å². The van der Waals surface area contributed by atoms with E-state index in [0.29, 0.717) is 17.4 Å². The highest BCUT2D eigenvalue weighted by atomic mass is 32.2. The summed E-state index contributed by atoms with van der Waals surface area (Å²) in [6.07, 6.45) is 3.29. The van der Waals surface area contributed by atoms with Crippen LogP contribution in [0.15, 0.2) is 59.0 Å². The van der Waals surface area contributed by atoms with Crippen molar-refractivity contribution in [1.82, 2.24) is 4.31 Å². The van der Waals surface area contributed by atoms with Crippen LogP contribution in [0.25, 0.3) is 0 Å². The molecule has 2 aromatic rings. The van der Waals surface area contributed by atoms with Crippen LogP contribution in [0.1, 0.15) is 48.4 Å². The van der Waals surface area contributed by atoms with Crippen molar-refractivity contribution in [2.45, 2.75) is 57.9 Å². The summed E-state index contributed by atoms with van der Waals surface area (Å²) in [7, 11) is -3.57. The molecule has 0 N–H and O–H groups in total. The van der Waals surface area contributed by atoms with Crippen LogP contribution < -0.4 is 0 Å². The Hall–Kier alpha value is -1.91. The maximum atomic E-state index is 13.9. The van der Waals surface area contributed by atoms with E-state index < -0.39 is 10.0 Å². The molecule has 2 aliphatic rings. The van der Waals surface area contributed by atoms with Gasteiger partial charge in [-0.3, -0.25) is 0 Å². The zero-order chi connectivity index (χ0) is 20.9. The van der Waals surface area contributed by atoms with Crippen molar-refractivity contribution < 1.29 is 8.42 Å². The van der Waals surface area contributed by atoms with E-state index in [1.54, 1.807) is 4.31 Å². The van der Waals surface area contributed by atoms with Crippen molar-refractivity contribution in [3.05, 3.63) is 76.4 Å². The zero-order valence-corrected chi connectivity index (χ0v) is 18.8. The second-order valence-corrected chi connectivity index (χ2v) is 10.9. The monoisotopic (exact) mass is 409 g/mol. The van der Waals surface area contributed by atoms with Crippen molar-refractivity contribution in [2.24, 2.45) is 11.8 Å². The van der Waals surface area contributed by atoms with E-state index in [-0.39, 0.29) is 17.9 Å². The Balaban J connectivity index is 1.74. The fourth-order valence-corrected chi connectivity index (χ4v) is 7.37. The SMILES string of the molecule is Cc1cc(C)c(S(=O)(=O)N2C[C@H]3C(=C[C@@H]2C(C)C)C[C@@H]3c2ccccc2)c(C)c1. The Bertz CT molecular complexity index is 1030. The van der Waals surface area contributed by atoms with Crippen LogP contribution in [0.5, 0.6) is 0 Å². The van der Waals surface area contributed by atoms with Gasteiger partial charge in [0.2, 0.25) is 10.0 Å². The highest BCUT2D eigenvalue weighted by molar-refractivity contribution is 7.89. The van der Waals surface area contributed by atoms with Crippen LogP contribution >= 0.6 is 0 Å². The predicted octanol–water partition coefficient (Wildman–Crippen LogP) is 5.37. The van der Waals surface area contributed by atoms with Gasteiger partial charge in [0, 0.05) is 18.5 Å². The normalized spacial score (nSPS) is 24.8. The maximum absolute atomic E-state index is 13.9. The molecule has 0 bridgehead atoms. The third-order valence-electron chi connectivity index (χ3n) is 6.59. The predicted molar refractivity (Wildman–Crippen MR) is 119 cm³/mol. The van der Waals surface area contributed by atoms with E-state index in [9.17, 15) is 8.42 Å². The lowest BCUT2D eigenvalue weighted by Crippen LogP contribution is -2.52. The third-order valence-corrected chi connectivity index (χ3v) is 8.76. The highest BCUT2D eigenvalue weighted by Crippen LogP contribution is 2.51. The number of hydrogen-bond acceptors (Lipinski definition) is 2. The highest BCUT2D eigenvalue weighted by Gasteiger charge is 2.46. The number of sulfonamides is 1. The van der Waals surface area contributed by atoms with Crippen LogP contribution in [0.4, 0.5) is 0 Å². The molecular weight excluding hydrogens is 378 g/mol. The summed E-state index contributed by atoms with van der Waals surface area (Å²) in [4.78, 5) is 0.487. The fraction of sp³-hybridized carbons (Fsp3) is 0.440. The molecule has 29 heavy (non-hydrogen) atoms. The second kappa shape index (κ2) is 7.41. The number of hydrogen-bond donors (Lipinski definition) is 0. The minimum absolute atomic E-state index is 0.0805. The molecule has 0 spiro atoms. The molecule has 1 aliphatic carbocycles. The molecule has 4 rings (SSSR count). The number of nitrogens with zero attached hydrogens (tertiary/aromatic N) is 1. The molecule has 154 valence electrons. The van der Waals surface area contributed by atoms with Crippen LogP contribution in [0, 0.1) is 32.6 Å².